The predicted molar refractivity (Wildman–Crippen MR) is 97.7 cm³/mol. The van der Waals surface area contributed by atoms with Gasteiger partial charge in [-0.15, -0.1) is 10.2 Å². The zero-order valence-corrected chi connectivity index (χ0v) is 15.3. The van der Waals surface area contributed by atoms with E-state index in [-0.39, 0.29) is 16.9 Å². The van der Waals surface area contributed by atoms with Crippen LogP contribution in [0.3, 0.4) is 0 Å². The maximum absolute atomic E-state index is 12.1. The Labute approximate surface area is 143 Å². The molecule has 0 aliphatic rings. The molecule has 0 bridgehead atoms. The van der Waals surface area contributed by atoms with Gasteiger partial charge in [0.25, 0.3) is 5.91 Å². The number of nitrogens with zero attached hydrogens (tertiary/aromatic N) is 2. The van der Waals surface area contributed by atoms with Crippen LogP contribution < -0.4 is 10.6 Å². The van der Waals surface area contributed by atoms with Gasteiger partial charge >= 0.3 is 0 Å². The zero-order chi connectivity index (χ0) is 18.0. The third kappa shape index (κ3) is 4.78. The van der Waals surface area contributed by atoms with E-state index in [0.717, 1.165) is 5.69 Å². The molecule has 0 saturated carbocycles. The summed E-state index contributed by atoms with van der Waals surface area (Å²) >= 11 is 0. The molecule has 24 heavy (non-hydrogen) atoms. The lowest BCUT2D eigenvalue weighted by atomic mass is 9.86. The van der Waals surface area contributed by atoms with Gasteiger partial charge in [-0.2, -0.15) is 0 Å². The second kappa shape index (κ2) is 6.59. The van der Waals surface area contributed by atoms with Crippen LogP contribution in [0.4, 0.5) is 11.5 Å². The number of aromatic nitrogens is 2. The topological polar surface area (TPSA) is 66.9 Å². The van der Waals surface area contributed by atoms with Crippen molar-refractivity contribution in [1.29, 1.82) is 0 Å². The van der Waals surface area contributed by atoms with E-state index in [9.17, 15) is 4.79 Å². The molecule has 5 heteroatoms. The number of amides is 1. The first-order valence-corrected chi connectivity index (χ1v) is 8.09. The quantitative estimate of drug-likeness (QED) is 0.893. The van der Waals surface area contributed by atoms with Crippen molar-refractivity contribution in [2.75, 3.05) is 5.32 Å². The minimum atomic E-state index is -0.304. The van der Waals surface area contributed by atoms with Crippen molar-refractivity contribution in [1.82, 2.24) is 15.5 Å². The van der Waals surface area contributed by atoms with Crippen LogP contribution in [-0.4, -0.2) is 21.6 Å². The molecule has 5 nitrogen and oxygen atoms in total. The van der Waals surface area contributed by atoms with Crippen LogP contribution in [-0.2, 0) is 5.41 Å². The first kappa shape index (κ1) is 17.9. The third-order valence-electron chi connectivity index (χ3n) is 3.38. The van der Waals surface area contributed by atoms with E-state index in [1.807, 2.05) is 39.0 Å². The molecule has 1 heterocycles. The van der Waals surface area contributed by atoms with E-state index in [2.05, 4.69) is 47.7 Å². The minimum absolute atomic E-state index is 0.0174. The summed E-state index contributed by atoms with van der Waals surface area (Å²) in [4.78, 5) is 12.1. The van der Waals surface area contributed by atoms with Crippen molar-refractivity contribution < 1.29 is 4.79 Å². The van der Waals surface area contributed by atoms with Gasteiger partial charge in [-0.05, 0) is 49.9 Å². The van der Waals surface area contributed by atoms with E-state index < -0.39 is 0 Å². The highest BCUT2D eigenvalue weighted by Crippen LogP contribution is 2.30. The lowest BCUT2D eigenvalue weighted by molar-refractivity contribution is 0.0913. The van der Waals surface area contributed by atoms with Gasteiger partial charge < -0.3 is 10.6 Å². The van der Waals surface area contributed by atoms with E-state index in [0.29, 0.717) is 11.5 Å². The number of anilines is 2. The third-order valence-corrected chi connectivity index (χ3v) is 3.38. The Balaban J connectivity index is 2.17. The molecule has 128 valence electrons. The van der Waals surface area contributed by atoms with Gasteiger partial charge in [0.2, 0.25) is 0 Å². The Morgan fingerprint density at radius 2 is 1.58 bits per heavy atom. The summed E-state index contributed by atoms with van der Waals surface area (Å²) in [6.07, 6.45) is 0. The Morgan fingerprint density at radius 1 is 0.917 bits per heavy atom. The van der Waals surface area contributed by atoms with Crippen molar-refractivity contribution in [3.63, 3.8) is 0 Å². The van der Waals surface area contributed by atoms with Crippen LogP contribution in [0.2, 0.25) is 0 Å². The molecule has 2 rings (SSSR count). The monoisotopic (exact) mass is 326 g/mol. The van der Waals surface area contributed by atoms with Crippen molar-refractivity contribution in [2.24, 2.45) is 0 Å². The van der Waals surface area contributed by atoms with Gasteiger partial charge in [0.1, 0.15) is 0 Å². The van der Waals surface area contributed by atoms with E-state index in [1.54, 1.807) is 12.1 Å². The standard InChI is InChI=1S/C19H26N4O/c1-18(2,3)13-9-7-8-10-14(13)20-16-12-11-15(22-23-16)17(24)21-19(4,5)6/h7-12H,1-6H3,(H,20,23)(H,21,24). The summed E-state index contributed by atoms with van der Waals surface area (Å²) in [7, 11) is 0. The molecule has 0 fully saturated rings. The average molecular weight is 326 g/mol. The fraction of sp³-hybridized carbons (Fsp3) is 0.421. The summed E-state index contributed by atoms with van der Waals surface area (Å²) in [5.74, 6) is 0.385. The first-order valence-electron chi connectivity index (χ1n) is 8.09. The van der Waals surface area contributed by atoms with E-state index in [4.69, 9.17) is 0 Å². The maximum atomic E-state index is 12.1. The van der Waals surface area contributed by atoms with Crippen LogP contribution in [0.1, 0.15) is 57.6 Å². The number of benzene rings is 1. The molecule has 1 aromatic heterocycles. The summed E-state index contributed by atoms with van der Waals surface area (Å²) in [5, 5.41) is 14.3. The molecule has 0 saturated heterocycles. The lowest BCUT2D eigenvalue weighted by Gasteiger charge is -2.23. The number of carbonyl (C=O) groups excluding carboxylic acids is 1. The maximum Gasteiger partial charge on any atom is 0.272 e. The molecule has 2 aromatic rings. The molecular weight excluding hydrogens is 300 g/mol. The summed E-state index contributed by atoms with van der Waals surface area (Å²) in [6, 6.07) is 11.6. The van der Waals surface area contributed by atoms with Crippen LogP contribution in [0.25, 0.3) is 0 Å². The number of hydrogen-bond donors (Lipinski definition) is 2. The van der Waals surface area contributed by atoms with Crippen molar-refractivity contribution in [3.05, 3.63) is 47.7 Å². The second-order valence-electron chi connectivity index (χ2n) is 7.93. The number of carbonyl (C=O) groups is 1. The van der Waals surface area contributed by atoms with Crippen LogP contribution >= 0.6 is 0 Å². The minimum Gasteiger partial charge on any atom is -0.346 e. The van der Waals surface area contributed by atoms with Crippen LogP contribution in [0.15, 0.2) is 36.4 Å². The van der Waals surface area contributed by atoms with E-state index >= 15 is 0 Å². The summed E-state index contributed by atoms with van der Waals surface area (Å²) in [5.41, 5.74) is 2.21. The molecular formula is C19H26N4O. The van der Waals surface area contributed by atoms with Gasteiger partial charge in [-0.25, -0.2) is 0 Å². The van der Waals surface area contributed by atoms with Crippen LogP contribution in [0.5, 0.6) is 0 Å². The van der Waals surface area contributed by atoms with Crippen molar-refractivity contribution in [2.45, 2.75) is 52.5 Å². The molecule has 2 N–H and O–H groups in total. The molecule has 0 atom stereocenters. The highest BCUT2D eigenvalue weighted by molar-refractivity contribution is 5.92. The highest BCUT2D eigenvalue weighted by Gasteiger charge is 2.19. The Hall–Kier alpha value is -2.43. The van der Waals surface area contributed by atoms with Gasteiger partial charge in [-0.1, -0.05) is 39.0 Å². The smallest absolute Gasteiger partial charge is 0.272 e. The van der Waals surface area contributed by atoms with Crippen molar-refractivity contribution >= 4 is 17.4 Å². The Kier molecular flexibility index (Phi) is 4.92. The fourth-order valence-electron chi connectivity index (χ4n) is 2.31. The Morgan fingerprint density at radius 3 is 2.12 bits per heavy atom. The highest BCUT2D eigenvalue weighted by atomic mass is 16.2. The van der Waals surface area contributed by atoms with Gasteiger partial charge in [0.05, 0.1) is 0 Å². The van der Waals surface area contributed by atoms with Gasteiger partial charge in [0.15, 0.2) is 11.5 Å². The molecule has 0 aliphatic carbocycles. The molecule has 0 aliphatic heterocycles. The molecule has 0 spiro atoms. The number of rotatable bonds is 3. The van der Waals surface area contributed by atoms with E-state index in [1.165, 1.54) is 5.56 Å². The molecule has 1 amide bonds. The summed E-state index contributed by atoms with van der Waals surface area (Å²) in [6.45, 7) is 12.3. The largest absolute Gasteiger partial charge is 0.346 e. The van der Waals surface area contributed by atoms with Crippen molar-refractivity contribution in [3.8, 4) is 0 Å². The van der Waals surface area contributed by atoms with Gasteiger partial charge in [-0.3, -0.25) is 4.79 Å². The Bertz CT molecular complexity index is 709. The average Bonchev–Trinajstić information content (AvgIpc) is 2.45. The summed E-state index contributed by atoms with van der Waals surface area (Å²) < 4.78 is 0. The van der Waals surface area contributed by atoms with Gasteiger partial charge in [0, 0.05) is 11.2 Å². The number of hydrogen-bond acceptors (Lipinski definition) is 4. The zero-order valence-electron chi connectivity index (χ0n) is 15.3. The SMILES string of the molecule is CC(C)(C)NC(=O)c1ccc(Nc2ccccc2C(C)(C)C)nn1. The first-order chi connectivity index (χ1) is 11.1. The molecule has 1 aromatic carbocycles. The second-order valence-corrected chi connectivity index (χ2v) is 7.93. The fourth-order valence-corrected chi connectivity index (χ4v) is 2.31. The lowest BCUT2D eigenvalue weighted by Crippen LogP contribution is -2.41. The molecule has 0 unspecified atom stereocenters. The number of nitrogens with one attached hydrogen (secondary N) is 2. The molecule has 0 radical (unpaired) electrons. The normalized spacial score (nSPS) is 11.9. The number of para-hydroxylation sites is 1. The van der Waals surface area contributed by atoms with Crippen LogP contribution in [0, 0.1) is 0 Å². The predicted octanol–water partition coefficient (Wildman–Crippen LogP) is 4.05.